The van der Waals surface area contributed by atoms with E-state index in [1.54, 1.807) is 0 Å². The molecule has 0 aromatic heterocycles. The minimum absolute atomic E-state index is 0.167. The SMILES string of the molecule is C/C(=C\CO)CCC=[14C](C)[14CH3]. The molecule has 0 aromatic carbocycles. The topological polar surface area (TPSA) is 20.2 Å². The van der Waals surface area contributed by atoms with Gasteiger partial charge in [0.15, 0.2) is 0 Å². The Balaban J connectivity index is 3.54. The highest BCUT2D eigenvalue weighted by atomic mass is 16.2. The molecule has 0 saturated heterocycles. The van der Waals surface area contributed by atoms with E-state index in [4.69, 9.17) is 5.11 Å². The van der Waals surface area contributed by atoms with Gasteiger partial charge in [0.2, 0.25) is 0 Å². The molecule has 0 bridgehead atoms. The predicted molar refractivity (Wildman–Crippen MR) is 49.5 cm³/mol. The number of hydrogen-bond donors (Lipinski definition) is 1. The van der Waals surface area contributed by atoms with Crippen LogP contribution < -0.4 is 0 Å². The summed E-state index contributed by atoms with van der Waals surface area (Å²) in [7, 11) is 0. The van der Waals surface area contributed by atoms with Crippen LogP contribution in [0, 0.1) is 0 Å². The van der Waals surface area contributed by atoms with Crippen molar-refractivity contribution in [2.75, 3.05) is 6.61 Å². The monoisotopic (exact) mass is 158 g/mol. The van der Waals surface area contributed by atoms with Crippen molar-refractivity contribution in [3.05, 3.63) is 23.3 Å². The first kappa shape index (κ1) is 10.4. The van der Waals surface area contributed by atoms with Crippen LogP contribution >= 0.6 is 0 Å². The van der Waals surface area contributed by atoms with Gasteiger partial charge in [-0.2, -0.15) is 0 Å². The quantitative estimate of drug-likeness (QED) is 0.624. The zero-order valence-corrected chi connectivity index (χ0v) is 7.72. The molecule has 0 radical (unpaired) electrons. The third-order valence-electron chi connectivity index (χ3n) is 1.53. The van der Waals surface area contributed by atoms with E-state index in [0.717, 1.165) is 12.8 Å². The zero-order valence-electron chi connectivity index (χ0n) is 7.72. The van der Waals surface area contributed by atoms with E-state index < -0.39 is 0 Å². The van der Waals surface area contributed by atoms with Gasteiger partial charge in [0.1, 0.15) is 0 Å². The van der Waals surface area contributed by atoms with Crippen LogP contribution in [0.2, 0.25) is 0 Å². The summed E-state index contributed by atoms with van der Waals surface area (Å²) in [6, 6.07) is 0. The highest BCUT2D eigenvalue weighted by Gasteiger charge is 1.86. The fraction of sp³-hybridized carbons (Fsp3) is 0.600. The highest BCUT2D eigenvalue weighted by molar-refractivity contribution is 5.01. The number of rotatable bonds is 4. The van der Waals surface area contributed by atoms with Crippen molar-refractivity contribution in [3.63, 3.8) is 0 Å². The van der Waals surface area contributed by atoms with Gasteiger partial charge >= 0.3 is 0 Å². The molecule has 0 amide bonds. The standard InChI is InChI=1S/C10H18O/c1-9(2)5-4-6-10(3)7-8-11/h5,7,11H,4,6,8H2,1-3H3/b10-7+/i1+2,9+2/b9-5?,10-7+. The number of allylic oxidation sites excluding steroid dienone is 3. The van der Waals surface area contributed by atoms with Crippen LogP contribution in [-0.2, 0) is 0 Å². The van der Waals surface area contributed by atoms with Crippen LogP contribution in [0.5, 0.6) is 0 Å². The Bertz CT molecular complexity index is 150. The number of hydrogen-bond acceptors (Lipinski definition) is 1. The Kier molecular flexibility index (Phi) is 5.86. The van der Waals surface area contributed by atoms with Crippen LogP contribution in [0.1, 0.15) is 33.6 Å². The minimum atomic E-state index is 0.167. The van der Waals surface area contributed by atoms with E-state index in [1.807, 2.05) is 6.08 Å². The molecular formula is C10H18O. The molecule has 1 N–H and O–H groups in total. The summed E-state index contributed by atoms with van der Waals surface area (Å²) in [6.45, 7) is 6.42. The summed E-state index contributed by atoms with van der Waals surface area (Å²) in [6.07, 6.45) is 6.23. The van der Waals surface area contributed by atoms with Crippen molar-refractivity contribution in [2.24, 2.45) is 0 Å². The Hall–Kier alpha value is -0.560. The molecule has 0 rings (SSSR count). The number of aliphatic hydroxyl groups is 1. The molecule has 0 heterocycles. The Morgan fingerprint density at radius 2 is 2.27 bits per heavy atom. The maximum Gasteiger partial charge on any atom is 0.0614 e. The predicted octanol–water partition coefficient (Wildman–Crippen LogP) is 2.67. The lowest BCUT2D eigenvalue weighted by Gasteiger charge is -1.96. The third kappa shape index (κ3) is 7.34. The normalized spacial score (nSPS) is 13.8. The van der Waals surface area contributed by atoms with E-state index in [9.17, 15) is 0 Å². The van der Waals surface area contributed by atoms with Crippen LogP contribution in [0.4, 0.5) is 0 Å². The molecule has 0 aliphatic heterocycles. The molecule has 1 heteroatoms. The molecular weight excluding hydrogens is 140 g/mol. The van der Waals surface area contributed by atoms with Gasteiger partial charge in [0.05, 0.1) is 6.61 Å². The van der Waals surface area contributed by atoms with E-state index >= 15 is 0 Å². The van der Waals surface area contributed by atoms with Crippen LogP contribution in [-0.4, -0.2) is 11.7 Å². The molecule has 0 unspecified atom stereocenters. The van der Waals surface area contributed by atoms with Crippen molar-refractivity contribution < 1.29 is 5.11 Å². The highest BCUT2D eigenvalue weighted by Crippen LogP contribution is 2.05. The maximum absolute atomic E-state index is 8.55. The zero-order chi connectivity index (χ0) is 8.69. The van der Waals surface area contributed by atoms with E-state index in [2.05, 4.69) is 26.8 Å². The summed E-state index contributed by atoms with van der Waals surface area (Å²) in [5.74, 6) is 0. The van der Waals surface area contributed by atoms with Gasteiger partial charge in [0, 0.05) is 0 Å². The lowest BCUT2D eigenvalue weighted by atomic mass is 10.2. The summed E-state index contributed by atoms with van der Waals surface area (Å²) >= 11 is 0. The first-order chi connectivity index (χ1) is 5.16. The van der Waals surface area contributed by atoms with E-state index in [1.165, 1.54) is 11.1 Å². The molecule has 0 fully saturated rings. The van der Waals surface area contributed by atoms with Crippen LogP contribution in [0.25, 0.3) is 0 Å². The van der Waals surface area contributed by atoms with Crippen molar-refractivity contribution in [3.8, 4) is 0 Å². The lowest BCUT2D eigenvalue weighted by molar-refractivity contribution is 0.341. The average Bonchev–Trinajstić information content (AvgIpc) is 1.87. The number of aliphatic hydroxyl groups excluding tert-OH is 1. The lowest BCUT2D eigenvalue weighted by Crippen LogP contribution is -1.80. The van der Waals surface area contributed by atoms with Gasteiger partial charge in [-0.15, -0.1) is 0 Å². The van der Waals surface area contributed by atoms with Crippen molar-refractivity contribution in [1.29, 1.82) is 0 Å². The summed E-state index contributed by atoms with van der Waals surface area (Å²) in [5, 5.41) is 8.55. The van der Waals surface area contributed by atoms with Crippen LogP contribution in [0.3, 0.4) is 0 Å². The fourth-order valence-corrected chi connectivity index (χ4v) is 0.846. The van der Waals surface area contributed by atoms with Gasteiger partial charge in [0.25, 0.3) is 0 Å². The molecule has 11 heavy (non-hydrogen) atoms. The third-order valence-corrected chi connectivity index (χ3v) is 1.53. The Labute approximate surface area is 69.4 Å². The molecule has 0 atom stereocenters. The van der Waals surface area contributed by atoms with Crippen molar-refractivity contribution in [2.45, 2.75) is 33.6 Å². The molecule has 0 aromatic rings. The van der Waals surface area contributed by atoms with Gasteiger partial charge in [-0.05, 0) is 33.6 Å². The molecule has 64 valence electrons. The first-order valence-electron chi connectivity index (χ1n) is 4.06. The first-order valence-corrected chi connectivity index (χ1v) is 4.06. The summed E-state index contributed by atoms with van der Waals surface area (Å²) < 4.78 is 0. The second-order valence-electron chi connectivity index (χ2n) is 3.05. The molecule has 0 saturated carbocycles. The Morgan fingerprint density at radius 3 is 2.73 bits per heavy atom. The second-order valence-corrected chi connectivity index (χ2v) is 3.05. The van der Waals surface area contributed by atoms with E-state index in [0.29, 0.717) is 0 Å². The molecule has 0 aliphatic carbocycles. The summed E-state index contributed by atoms with van der Waals surface area (Å²) in [4.78, 5) is 0. The molecule has 1 nitrogen and oxygen atoms in total. The average molecular weight is 158 g/mol. The molecule has 0 spiro atoms. The Morgan fingerprint density at radius 1 is 1.64 bits per heavy atom. The van der Waals surface area contributed by atoms with Gasteiger partial charge in [-0.1, -0.05) is 23.3 Å². The van der Waals surface area contributed by atoms with Crippen molar-refractivity contribution in [1.82, 2.24) is 0 Å². The second kappa shape index (κ2) is 6.17. The largest absolute Gasteiger partial charge is 0.392 e. The fourth-order valence-electron chi connectivity index (χ4n) is 0.846. The minimum Gasteiger partial charge on any atom is -0.392 e. The summed E-state index contributed by atoms with van der Waals surface area (Å²) in [5.41, 5.74) is 2.63. The molecule has 0 aliphatic rings. The van der Waals surface area contributed by atoms with Gasteiger partial charge in [-0.3, -0.25) is 0 Å². The smallest absolute Gasteiger partial charge is 0.0614 e. The van der Waals surface area contributed by atoms with Gasteiger partial charge in [-0.25, -0.2) is 0 Å². The van der Waals surface area contributed by atoms with Crippen LogP contribution in [0.15, 0.2) is 23.3 Å². The van der Waals surface area contributed by atoms with Crippen molar-refractivity contribution >= 4 is 0 Å². The van der Waals surface area contributed by atoms with E-state index in [-0.39, 0.29) is 6.61 Å². The van der Waals surface area contributed by atoms with Gasteiger partial charge < -0.3 is 5.11 Å². The maximum atomic E-state index is 8.55.